The van der Waals surface area contributed by atoms with Gasteiger partial charge in [-0.2, -0.15) is 4.98 Å². The molecule has 96 valence electrons. The van der Waals surface area contributed by atoms with Crippen LogP contribution in [0.3, 0.4) is 0 Å². The van der Waals surface area contributed by atoms with Crippen molar-refractivity contribution in [3.63, 3.8) is 0 Å². The number of hydrogen-bond acceptors (Lipinski definition) is 6. The summed E-state index contributed by atoms with van der Waals surface area (Å²) in [7, 11) is 1.64. The van der Waals surface area contributed by atoms with Crippen molar-refractivity contribution in [3.8, 4) is 16.5 Å². The zero-order valence-corrected chi connectivity index (χ0v) is 11.2. The summed E-state index contributed by atoms with van der Waals surface area (Å²) in [6.07, 6.45) is 2.97. The predicted molar refractivity (Wildman–Crippen MR) is 68.6 cm³/mol. The monoisotopic (exact) mass is 265 g/mol. The van der Waals surface area contributed by atoms with E-state index in [1.807, 2.05) is 13.0 Å². The van der Waals surface area contributed by atoms with Gasteiger partial charge in [0.05, 0.1) is 12.6 Å². The highest BCUT2D eigenvalue weighted by Crippen LogP contribution is 2.40. The van der Waals surface area contributed by atoms with Gasteiger partial charge in [-0.25, -0.2) is 0 Å². The van der Waals surface area contributed by atoms with Crippen LogP contribution in [0.1, 0.15) is 30.0 Å². The highest BCUT2D eigenvalue weighted by Gasteiger charge is 2.39. The molecule has 18 heavy (non-hydrogen) atoms. The molecule has 2 aromatic rings. The summed E-state index contributed by atoms with van der Waals surface area (Å²) in [4.78, 5) is 6.44. The summed E-state index contributed by atoms with van der Waals surface area (Å²) in [6, 6.07) is 1.96. The molecule has 2 N–H and O–H groups in total. The third-order valence-electron chi connectivity index (χ3n) is 3.35. The van der Waals surface area contributed by atoms with E-state index in [-0.39, 0.29) is 5.54 Å². The number of rotatable bonds is 3. The van der Waals surface area contributed by atoms with Crippen LogP contribution in [0.5, 0.6) is 5.75 Å². The number of ether oxygens (including phenoxy) is 1. The molecular weight excluding hydrogens is 250 g/mol. The van der Waals surface area contributed by atoms with E-state index in [1.165, 1.54) is 0 Å². The van der Waals surface area contributed by atoms with Crippen molar-refractivity contribution in [2.45, 2.75) is 31.7 Å². The molecular formula is C12H15N3O2S. The number of thiophene rings is 1. The Kier molecular flexibility index (Phi) is 2.64. The van der Waals surface area contributed by atoms with Crippen molar-refractivity contribution in [3.05, 3.63) is 16.8 Å². The van der Waals surface area contributed by atoms with Crippen LogP contribution < -0.4 is 10.5 Å². The predicted octanol–water partition coefficient (Wildman–Crippen LogP) is 2.45. The van der Waals surface area contributed by atoms with Crippen molar-refractivity contribution in [1.29, 1.82) is 0 Å². The topological polar surface area (TPSA) is 74.2 Å². The summed E-state index contributed by atoms with van der Waals surface area (Å²) >= 11 is 1.58. The average Bonchev–Trinajstić information content (AvgIpc) is 2.91. The Balaban J connectivity index is 1.97. The van der Waals surface area contributed by atoms with E-state index in [4.69, 9.17) is 15.0 Å². The summed E-state index contributed by atoms with van der Waals surface area (Å²) in [6.45, 7) is 2.02. The summed E-state index contributed by atoms with van der Waals surface area (Å²) in [5, 5.41) is 4.01. The normalized spacial score (nSPS) is 17.5. The minimum Gasteiger partial charge on any atom is -0.495 e. The van der Waals surface area contributed by atoms with Crippen LogP contribution >= 0.6 is 11.3 Å². The van der Waals surface area contributed by atoms with Gasteiger partial charge in [0.25, 0.3) is 5.89 Å². The lowest BCUT2D eigenvalue weighted by atomic mass is 9.77. The maximum Gasteiger partial charge on any atom is 0.271 e. The lowest BCUT2D eigenvalue weighted by molar-refractivity contribution is 0.229. The van der Waals surface area contributed by atoms with Crippen molar-refractivity contribution < 1.29 is 9.26 Å². The summed E-state index contributed by atoms with van der Waals surface area (Å²) < 4.78 is 10.6. The molecule has 1 aliphatic rings. The Morgan fingerprint density at radius 2 is 2.28 bits per heavy atom. The van der Waals surface area contributed by atoms with Gasteiger partial charge >= 0.3 is 0 Å². The van der Waals surface area contributed by atoms with Gasteiger partial charge in [-0.3, -0.25) is 0 Å². The second-order valence-corrected chi connectivity index (χ2v) is 5.94. The van der Waals surface area contributed by atoms with Crippen LogP contribution in [-0.4, -0.2) is 17.3 Å². The highest BCUT2D eigenvalue weighted by atomic mass is 32.1. The van der Waals surface area contributed by atoms with Crippen molar-refractivity contribution in [2.75, 3.05) is 7.11 Å². The number of aryl methyl sites for hydroxylation is 1. The second kappa shape index (κ2) is 4.07. The third-order valence-corrected chi connectivity index (χ3v) is 4.37. The number of methoxy groups -OCH3 is 1. The fraction of sp³-hybridized carbons (Fsp3) is 0.500. The molecule has 2 aromatic heterocycles. The van der Waals surface area contributed by atoms with Gasteiger partial charge in [-0.05, 0) is 32.3 Å². The molecule has 0 aromatic carbocycles. The first-order chi connectivity index (χ1) is 8.62. The Morgan fingerprint density at radius 1 is 1.50 bits per heavy atom. The van der Waals surface area contributed by atoms with Crippen molar-refractivity contribution >= 4 is 11.3 Å². The maximum atomic E-state index is 6.18. The number of aromatic nitrogens is 2. The molecule has 0 spiro atoms. The van der Waals surface area contributed by atoms with Gasteiger partial charge < -0.3 is 15.0 Å². The van der Waals surface area contributed by atoms with Crippen LogP contribution in [0, 0.1) is 6.92 Å². The van der Waals surface area contributed by atoms with Gasteiger partial charge in [0, 0.05) is 4.88 Å². The van der Waals surface area contributed by atoms with Crippen molar-refractivity contribution in [2.24, 2.45) is 5.73 Å². The number of hydrogen-bond donors (Lipinski definition) is 1. The minimum absolute atomic E-state index is 0.388. The van der Waals surface area contributed by atoms with Crippen LogP contribution in [0.15, 0.2) is 10.6 Å². The zero-order chi connectivity index (χ0) is 12.8. The fourth-order valence-electron chi connectivity index (χ4n) is 2.09. The molecule has 0 unspecified atom stereocenters. The van der Waals surface area contributed by atoms with Gasteiger partial charge in [0.15, 0.2) is 5.82 Å². The molecule has 1 fully saturated rings. The largest absolute Gasteiger partial charge is 0.495 e. The second-order valence-electron chi connectivity index (χ2n) is 4.69. The molecule has 0 radical (unpaired) electrons. The average molecular weight is 265 g/mol. The van der Waals surface area contributed by atoms with Crippen LogP contribution in [0.25, 0.3) is 10.8 Å². The number of nitrogens with zero attached hydrogens (tertiary/aromatic N) is 2. The molecule has 1 aliphatic carbocycles. The molecule has 0 bridgehead atoms. The summed E-state index contributed by atoms with van der Waals surface area (Å²) in [5.74, 6) is 1.88. The lowest BCUT2D eigenvalue weighted by Gasteiger charge is -2.34. The fourth-order valence-corrected chi connectivity index (χ4v) is 2.99. The summed E-state index contributed by atoms with van der Waals surface area (Å²) in [5.41, 5.74) is 5.79. The standard InChI is InChI=1S/C12H15N3O2S/c1-7-6-8(16-2)9(18-7)10-14-11(15-17-10)12(13)4-3-5-12/h6H,3-5,13H2,1-2H3. The Bertz CT molecular complexity index is 572. The van der Waals surface area contributed by atoms with E-state index in [0.717, 1.165) is 34.8 Å². The first kappa shape index (κ1) is 11.7. The van der Waals surface area contributed by atoms with Gasteiger partial charge in [-0.15, -0.1) is 11.3 Å². The maximum absolute atomic E-state index is 6.18. The third kappa shape index (κ3) is 1.72. The van der Waals surface area contributed by atoms with E-state index < -0.39 is 0 Å². The molecule has 0 aliphatic heterocycles. The molecule has 5 nitrogen and oxygen atoms in total. The Morgan fingerprint density at radius 3 is 2.89 bits per heavy atom. The molecule has 1 saturated carbocycles. The molecule has 2 heterocycles. The molecule has 0 atom stereocenters. The highest BCUT2D eigenvalue weighted by molar-refractivity contribution is 7.15. The van der Waals surface area contributed by atoms with Crippen LogP contribution in [0.4, 0.5) is 0 Å². The van der Waals surface area contributed by atoms with Gasteiger partial charge in [-0.1, -0.05) is 5.16 Å². The Labute approximate surface area is 109 Å². The minimum atomic E-state index is -0.388. The van der Waals surface area contributed by atoms with Gasteiger partial charge in [0.2, 0.25) is 0 Å². The molecule has 0 saturated heterocycles. The molecule has 0 amide bonds. The first-order valence-corrected chi connectivity index (χ1v) is 6.72. The molecule has 6 heteroatoms. The SMILES string of the molecule is COc1cc(C)sc1-c1nc(C2(N)CCC2)no1. The van der Waals surface area contributed by atoms with Crippen LogP contribution in [0.2, 0.25) is 0 Å². The van der Waals surface area contributed by atoms with E-state index in [9.17, 15) is 0 Å². The van der Waals surface area contributed by atoms with Gasteiger partial charge in [0.1, 0.15) is 10.6 Å². The van der Waals surface area contributed by atoms with E-state index in [2.05, 4.69) is 10.1 Å². The zero-order valence-electron chi connectivity index (χ0n) is 10.4. The quantitative estimate of drug-likeness (QED) is 0.922. The number of nitrogens with two attached hydrogens (primary N) is 1. The van der Waals surface area contributed by atoms with E-state index in [1.54, 1.807) is 18.4 Å². The van der Waals surface area contributed by atoms with Crippen molar-refractivity contribution in [1.82, 2.24) is 10.1 Å². The lowest BCUT2D eigenvalue weighted by Crippen LogP contribution is -2.44. The van der Waals surface area contributed by atoms with E-state index >= 15 is 0 Å². The first-order valence-electron chi connectivity index (χ1n) is 5.90. The Hall–Kier alpha value is -1.40. The smallest absolute Gasteiger partial charge is 0.271 e. The van der Waals surface area contributed by atoms with E-state index in [0.29, 0.717) is 11.7 Å². The van der Waals surface area contributed by atoms with Crippen LogP contribution in [-0.2, 0) is 5.54 Å². The molecule has 3 rings (SSSR count).